The number of para-hydroxylation sites is 1. The van der Waals surface area contributed by atoms with Crippen LogP contribution in [0.1, 0.15) is 18.0 Å². The highest BCUT2D eigenvalue weighted by molar-refractivity contribution is 5.89. The predicted octanol–water partition coefficient (Wildman–Crippen LogP) is 1.95. The number of nitrogens with zero attached hydrogens (tertiary/aromatic N) is 5. The molecule has 0 fully saturated rings. The number of aliphatic hydroxyl groups excluding tert-OH is 1. The fraction of sp³-hybridized carbons (Fsp3) is 0.389. The average molecular weight is 354 g/mol. The first-order valence-electron chi connectivity index (χ1n) is 8.65. The lowest BCUT2D eigenvalue weighted by molar-refractivity contribution is 0.190. The molecule has 3 aromatic rings. The van der Waals surface area contributed by atoms with Gasteiger partial charge in [0.2, 0.25) is 0 Å². The van der Waals surface area contributed by atoms with Crippen molar-refractivity contribution in [2.75, 3.05) is 32.6 Å². The Morgan fingerprint density at radius 1 is 1.35 bits per heavy atom. The molecule has 1 aliphatic heterocycles. The second-order valence-electron chi connectivity index (χ2n) is 6.52. The molecular formula is C18H22N6O2. The van der Waals surface area contributed by atoms with Crippen LogP contribution in [0.4, 0.5) is 11.5 Å². The monoisotopic (exact) mass is 354 g/mol. The summed E-state index contributed by atoms with van der Waals surface area (Å²) < 4.78 is 7.64. The number of aromatic nitrogens is 4. The van der Waals surface area contributed by atoms with E-state index in [0.29, 0.717) is 30.7 Å². The molecule has 0 spiro atoms. The van der Waals surface area contributed by atoms with Crippen molar-refractivity contribution < 1.29 is 9.84 Å². The molecule has 3 heterocycles. The quantitative estimate of drug-likeness (QED) is 0.724. The molecular weight excluding hydrogens is 332 g/mol. The molecule has 1 unspecified atom stereocenters. The molecule has 8 nitrogen and oxygen atoms in total. The first kappa shape index (κ1) is 16.7. The van der Waals surface area contributed by atoms with Crippen LogP contribution in [-0.4, -0.2) is 57.1 Å². The van der Waals surface area contributed by atoms with E-state index in [4.69, 9.17) is 9.84 Å². The van der Waals surface area contributed by atoms with Crippen LogP contribution >= 0.6 is 0 Å². The summed E-state index contributed by atoms with van der Waals surface area (Å²) in [7, 11) is 4.17. The van der Waals surface area contributed by atoms with E-state index in [1.165, 1.54) is 11.9 Å². The Kier molecular flexibility index (Phi) is 4.44. The molecule has 2 aromatic heterocycles. The fourth-order valence-electron chi connectivity index (χ4n) is 3.42. The van der Waals surface area contributed by atoms with Gasteiger partial charge in [-0.1, -0.05) is 12.1 Å². The Morgan fingerprint density at radius 3 is 3.04 bits per heavy atom. The van der Waals surface area contributed by atoms with Gasteiger partial charge in [-0.2, -0.15) is 5.10 Å². The van der Waals surface area contributed by atoms with Gasteiger partial charge in [-0.25, -0.2) is 14.6 Å². The lowest BCUT2D eigenvalue weighted by Gasteiger charge is -2.32. The van der Waals surface area contributed by atoms with Crippen molar-refractivity contribution >= 4 is 22.5 Å². The second kappa shape index (κ2) is 6.89. The number of aliphatic hydroxyl groups is 1. The summed E-state index contributed by atoms with van der Waals surface area (Å²) in [4.78, 5) is 10.9. The topological polar surface area (TPSA) is 88.3 Å². The molecule has 4 rings (SSSR count). The smallest absolute Gasteiger partial charge is 0.163 e. The minimum atomic E-state index is 0.00943. The van der Waals surface area contributed by atoms with E-state index >= 15 is 0 Å². The zero-order valence-electron chi connectivity index (χ0n) is 14.9. The van der Waals surface area contributed by atoms with Crippen LogP contribution in [-0.2, 0) is 6.54 Å². The number of hydrogen-bond acceptors (Lipinski definition) is 7. The van der Waals surface area contributed by atoms with Gasteiger partial charge in [0.15, 0.2) is 5.65 Å². The Morgan fingerprint density at radius 2 is 2.23 bits per heavy atom. The minimum absolute atomic E-state index is 0.00943. The van der Waals surface area contributed by atoms with Gasteiger partial charge in [-0.05, 0) is 20.2 Å². The normalized spacial score (nSPS) is 16.5. The Labute approximate surface area is 151 Å². The third-order valence-corrected chi connectivity index (χ3v) is 4.66. The zero-order valence-corrected chi connectivity index (χ0v) is 14.9. The molecule has 8 heteroatoms. The number of benzene rings is 1. The number of ether oxygens (including phenoxy) is 1. The Bertz CT molecular complexity index is 923. The van der Waals surface area contributed by atoms with Gasteiger partial charge in [0.1, 0.15) is 17.9 Å². The number of hydrogen-bond donors (Lipinski definition) is 2. The molecule has 0 radical (unpaired) electrons. The molecule has 0 bridgehead atoms. The first-order chi connectivity index (χ1) is 12.7. The third-order valence-electron chi connectivity index (χ3n) is 4.66. The molecule has 0 saturated carbocycles. The fourth-order valence-corrected chi connectivity index (χ4v) is 3.42. The molecule has 26 heavy (non-hydrogen) atoms. The van der Waals surface area contributed by atoms with Crippen LogP contribution < -0.4 is 10.1 Å². The molecule has 0 amide bonds. The van der Waals surface area contributed by atoms with Gasteiger partial charge in [-0.15, -0.1) is 0 Å². The van der Waals surface area contributed by atoms with Crippen LogP contribution in [0, 0.1) is 0 Å². The van der Waals surface area contributed by atoms with Gasteiger partial charge in [0, 0.05) is 18.0 Å². The number of nitrogens with one attached hydrogen (secondary N) is 1. The van der Waals surface area contributed by atoms with E-state index in [9.17, 15) is 0 Å². The lowest BCUT2D eigenvalue weighted by atomic mass is 9.98. The van der Waals surface area contributed by atoms with Gasteiger partial charge in [-0.3, -0.25) is 0 Å². The van der Waals surface area contributed by atoms with Crippen LogP contribution in [0.15, 0.2) is 30.7 Å². The summed E-state index contributed by atoms with van der Waals surface area (Å²) in [6, 6.07) is 6.46. The number of fused-ring (bicyclic) bond motifs is 2. The molecule has 2 N–H and O–H groups in total. The van der Waals surface area contributed by atoms with Crippen LogP contribution in [0.3, 0.4) is 0 Å². The van der Waals surface area contributed by atoms with Crippen LogP contribution in [0.25, 0.3) is 11.0 Å². The molecule has 1 aliphatic rings. The summed E-state index contributed by atoms with van der Waals surface area (Å²) in [5.41, 5.74) is 2.74. The first-order valence-corrected chi connectivity index (χ1v) is 8.65. The Balaban J connectivity index is 1.73. The van der Waals surface area contributed by atoms with Crippen LogP contribution in [0.5, 0.6) is 5.75 Å². The van der Waals surface area contributed by atoms with Crippen LogP contribution in [0.2, 0.25) is 0 Å². The molecule has 1 atom stereocenters. The average Bonchev–Trinajstić information content (AvgIpc) is 3.06. The van der Waals surface area contributed by atoms with Crippen molar-refractivity contribution in [1.29, 1.82) is 0 Å². The lowest BCUT2D eigenvalue weighted by Crippen LogP contribution is -2.26. The largest absolute Gasteiger partial charge is 0.491 e. The van der Waals surface area contributed by atoms with Crippen molar-refractivity contribution in [2.45, 2.75) is 19.0 Å². The standard InChI is InChI=1S/C18H22N6O2/c1-23(2)15-6-9-26-16-12(15)4-3-5-14(16)22-17-13-10-21-24(7-8-25)18(13)20-11-19-17/h3-5,10-11,15,25H,6-9H2,1-2H3,(H,19,20,22). The van der Waals surface area contributed by atoms with Gasteiger partial charge in [0.25, 0.3) is 0 Å². The maximum absolute atomic E-state index is 9.16. The van der Waals surface area contributed by atoms with E-state index in [2.05, 4.69) is 45.4 Å². The summed E-state index contributed by atoms with van der Waals surface area (Å²) >= 11 is 0. The van der Waals surface area contributed by atoms with E-state index in [-0.39, 0.29) is 6.61 Å². The van der Waals surface area contributed by atoms with E-state index in [1.807, 2.05) is 12.1 Å². The highest BCUT2D eigenvalue weighted by atomic mass is 16.5. The summed E-state index contributed by atoms with van der Waals surface area (Å²) in [6.45, 7) is 1.09. The molecule has 1 aromatic carbocycles. The summed E-state index contributed by atoms with van der Waals surface area (Å²) in [5, 5.41) is 17.6. The highest BCUT2D eigenvalue weighted by Crippen LogP contribution is 2.41. The molecule has 0 aliphatic carbocycles. The van der Waals surface area contributed by atoms with E-state index < -0.39 is 0 Å². The summed E-state index contributed by atoms with van der Waals surface area (Å²) in [5.74, 6) is 1.54. The number of anilines is 2. The number of rotatable bonds is 5. The third kappa shape index (κ3) is 2.87. The van der Waals surface area contributed by atoms with E-state index in [0.717, 1.165) is 23.2 Å². The predicted molar refractivity (Wildman–Crippen MR) is 98.7 cm³/mol. The molecule has 0 saturated heterocycles. The van der Waals surface area contributed by atoms with Crippen molar-refractivity contribution in [3.8, 4) is 5.75 Å². The van der Waals surface area contributed by atoms with Crippen molar-refractivity contribution in [3.63, 3.8) is 0 Å². The van der Waals surface area contributed by atoms with Crippen molar-refractivity contribution in [2.24, 2.45) is 0 Å². The van der Waals surface area contributed by atoms with E-state index in [1.54, 1.807) is 10.9 Å². The summed E-state index contributed by atoms with van der Waals surface area (Å²) in [6.07, 6.45) is 4.18. The van der Waals surface area contributed by atoms with Gasteiger partial charge >= 0.3 is 0 Å². The van der Waals surface area contributed by atoms with Gasteiger partial charge in [0.05, 0.1) is 37.0 Å². The highest BCUT2D eigenvalue weighted by Gasteiger charge is 2.25. The molecule has 136 valence electrons. The maximum atomic E-state index is 9.16. The SMILES string of the molecule is CN(C)C1CCOc2c(Nc3ncnc4c3cnn4CCO)cccc21. The van der Waals surface area contributed by atoms with Crippen molar-refractivity contribution in [1.82, 2.24) is 24.6 Å². The maximum Gasteiger partial charge on any atom is 0.163 e. The Hall–Kier alpha value is -2.71. The second-order valence-corrected chi connectivity index (χ2v) is 6.52. The zero-order chi connectivity index (χ0) is 18.1. The van der Waals surface area contributed by atoms with Crippen molar-refractivity contribution in [3.05, 3.63) is 36.3 Å². The van der Waals surface area contributed by atoms with Gasteiger partial charge < -0.3 is 20.1 Å². The minimum Gasteiger partial charge on any atom is -0.491 e.